The van der Waals surface area contributed by atoms with Crippen LogP contribution in [0.1, 0.15) is 26.2 Å². The van der Waals surface area contributed by atoms with Gasteiger partial charge in [-0.15, -0.1) is 0 Å². The molecule has 2 saturated heterocycles. The molecule has 4 nitrogen and oxygen atoms in total. The van der Waals surface area contributed by atoms with Crippen LogP contribution in [-0.2, 0) is 4.79 Å². The van der Waals surface area contributed by atoms with Crippen molar-refractivity contribution in [1.29, 1.82) is 0 Å². The second kappa shape index (κ2) is 5.36. The van der Waals surface area contributed by atoms with Gasteiger partial charge >= 0.3 is 0 Å². The fourth-order valence-electron chi connectivity index (χ4n) is 2.95. The van der Waals surface area contributed by atoms with Gasteiger partial charge in [-0.05, 0) is 51.9 Å². The van der Waals surface area contributed by atoms with Gasteiger partial charge < -0.3 is 15.1 Å². The molecule has 4 heteroatoms. The van der Waals surface area contributed by atoms with Crippen LogP contribution in [0.5, 0.6) is 0 Å². The Balaban J connectivity index is 1.90. The third-order valence-electron chi connectivity index (χ3n) is 4.38. The molecule has 0 aliphatic carbocycles. The summed E-state index contributed by atoms with van der Waals surface area (Å²) in [4.78, 5) is 16.7. The first kappa shape index (κ1) is 12.8. The van der Waals surface area contributed by atoms with Gasteiger partial charge in [0.1, 0.15) is 0 Å². The van der Waals surface area contributed by atoms with Crippen LogP contribution in [0.3, 0.4) is 0 Å². The molecule has 0 radical (unpaired) electrons. The summed E-state index contributed by atoms with van der Waals surface area (Å²) in [6.45, 7) is 5.37. The topological polar surface area (TPSA) is 35.6 Å². The van der Waals surface area contributed by atoms with E-state index in [-0.39, 0.29) is 6.04 Å². The molecule has 98 valence electrons. The van der Waals surface area contributed by atoms with Crippen LogP contribution in [0.15, 0.2) is 0 Å². The second-order valence-electron chi connectivity index (χ2n) is 5.68. The summed E-state index contributed by atoms with van der Waals surface area (Å²) in [5.74, 6) is 0.778. The minimum atomic E-state index is 0.0552. The van der Waals surface area contributed by atoms with Crippen LogP contribution in [0, 0.1) is 5.92 Å². The van der Waals surface area contributed by atoms with Gasteiger partial charge in [-0.1, -0.05) is 6.92 Å². The van der Waals surface area contributed by atoms with Crippen LogP contribution < -0.4 is 5.32 Å². The number of hydrogen-bond acceptors (Lipinski definition) is 3. The highest BCUT2D eigenvalue weighted by Gasteiger charge is 2.34. The average molecular weight is 239 g/mol. The summed E-state index contributed by atoms with van der Waals surface area (Å²) in [7, 11) is 4.13. The Hall–Kier alpha value is -0.610. The molecule has 2 aliphatic heterocycles. The van der Waals surface area contributed by atoms with Crippen LogP contribution in [-0.4, -0.2) is 61.5 Å². The predicted octanol–water partition coefficient (Wildman–Crippen LogP) is 0.537. The van der Waals surface area contributed by atoms with Gasteiger partial charge in [-0.25, -0.2) is 0 Å². The third kappa shape index (κ3) is 2.80. The molecule has 0 bridgehead atoms. The molecule has 2 unspecified atom stereocenters. The molecule has 2 fully saturated rings. The van der Waals surface area contributed by atoms with E-state index in [0.717, 1.165) is 38.9 Å². The van der Waals surface area contributed by atoms with E-state index in [9.17, 15) is 4.79 Å². The van der Waals surface area contributed by atoms with Crippen molar-refractivity contribution in [2.45, 2.75) is 38.3 Å². The molecule has 0 aromatic rings. The highest BCUT2D eigenvalue weighted by Crippen LogP contribution is 2.20. The number of nitrogens with one attached hydrogen (secondary N) is 1. The third-order valence-corrected chi connectivity index (χ3v) is 4.38. The number of piperidine rings is 1. The minimum Gasteiger partial charge on any atom is -0.341 e. The smallest absolute Gasteiger partial charge is 0.239 e. The molecule has 2 rings (SSSR count). The summed E-state index contributed by atoms with van der Waals surface area (Å²) < 4.78 is 0. The quantitative estimate of drug-likeness (QED) is 0.764. The van der Waals surface area contributed by atoms with E-state index in [2.05, 4.69) is 24.2 Å². The number of rotatable bonds is 2. The molecule has 2 aliphatic rings. The number of amides is 1. The normalized spacial score (nSPS) is 31.7. The Kier molecular flexibility index (Phi) is 4.05. The zero-order chi connectivity index (χ0) is 12.4. The van der Waals surface area contributed by atoms with Crippen molar-refractivity contribution in [3.8, 4) is 0 Å². The predicted molar refractivity (Wildman–Crippen MR) is 68.9 cm³/mol. The average Bonchev–Trinajstić information content (AvgIpc) is 2.74. The largest absolute Gasteiger partial charge is 0.341 e. The number of likely N-dealkylation sites (tertiary alicyclic amines) is 1. The van der Waals surface area contributed by atoms with Gasteiger partial charge in [-0.3, -0.25) is 4.79 Å². The Morgan fingerprint density at radius 3 is 2.47 bits per heavy atom. The van der Waals surface area contributed by atoms with Crippen molar-refractivity contribution < 1.29 is 4.79 Å². The number of carbonyl (C=O) groups is 1. The monoisotopic (exact) mass is 239 g/mol. The Morgan fingerprint density at radius 1 is 1.29 bits per heavy atom. The van der Waals surface area contributed by atoms with Crippen molar-refractivity contribution in [2.75, 3.05) is 33.7 Å². The summed E-state index contributed by atoms with van der Waals surface area (Å²) in [6, 6.07) is 0.493. The molecule has 0 saturated carbocycles. The van der Waals surface area contributed by atoms with Crippen LogP contribution in [0.25, 0.3) is 0 Å². The first-order valence-corrected chi connectivity index (χ1v) is 6.78. The summed E-state index contributed by atoms with van der Waals surface area (Å²) in [6.07, 6.45) is 3.34. The Bertz CT molecular complexity index is 274. The lowest BCUT2D eigenvalue weighted by Gasteiger charge is -2.36. The van der Waals surface area contributed by atoms with Crippen molar-refractivity contribution in [2.24, 2.45) is 5.92 Å². The van der Waals surface area contributed by atoms with Gasteiger partial charge in [0.25, 0.3) is 0 Å². The van der Waals surface area contributed by atoms with Gasteiger partial charge in [0.05, 0.1) is 6.04 Å². The zero-order valence-corrected chi connectivity index (χ0v) is 11.3. The van der Waals surface area contributed by atoms with Gasteiger partial charge in [0.15, 0.2) is 0 Å². The zero-order valence-electron chi connectivity index (χ0n) is 11.3. The van der Waals surface area contributed by atoms with Crippen LogP contribution >= 0.6 is 0 Å². The molecule has 0 aromatic heterocycles. The molecule has 17 heavy (non-hydrogen) atoms. The van der Waals surface area contributed by atoms with E-state index in [0.29, 0.717) is 17.9 Å². The van der Waals surface area contributed by atoms with E-state index in [1.165, 1.54) is 0 Å². The van der Waals surface area contributed by atoms with Crippen molar-refractivity contribution in [3.63, 3.8) is 0 Å². The standard InChI is InChI=1S/C13H25N3O/c1-10-4-7-14-12(10)13(17)16(3)11-5-8-15(2)9-6-11/h10-12,14H,4-9H2,1-3H3. The van der Waals surface area contributed by atoms with Gasteiger partial charge in [0.2, 0.25) is 5.91 Å². The minimum absolute atomic E-state index is 0.0552. The van der Waals surface area contributed by atoms with Crippen molar-refractivity contribution in [3.05, 3.63) is 0 Å². The van der Waals surface area contributed by atoms with Crippen molar-refractivity contribution in [1.82, 2.24) is 15.1 Å². The first-order valence-electron chi connectivity index (χ1n) is 6.78. The highest BCUT2D eigenvalue weighted by molar-refractivity contribution is 5.82. The molecular weight excluding hydrogens is 214 g/mol. The van der Waals surface area contributed by atoms with Crippen molar-refractivity contribution >= 4 is 5.91 Å². The summed E-state index contributed by atoms with van der Waals surface area (Å²) in [5.41, 5.74) is 0. The number of hydrogen-bond donors (Lipinski definition) is 1. The lowest BCUT2D eigenvalue weighted by molar-refractivity contribution is -0.135. The van der Waals surface area contributed by atoms with E-state index < -0.39 is 0 Å². The number of carbonyl (C=O) groups excluding carboxylic acids is 1. The molecular formula is C13H25N3O. The molecule has 0 spiro atoms. The van der Waals surface area contributed by atoms with Crippen LogP contribution in [0.2, 0.25) is 0 Å². The molecule has 1 amide bonds. The fraction of sp³-hybridized carbons (Fsp3) is 0.923. The number of likely N-dealkylation sites (N-methyl/N-ethyl adjacent to an activating group) is 1. The first-order chi connectivity index (χ1) is 8.09. The Morgan fingerprint density at radius 2 is 1.94 bits per heavy atom. The molecule has 1 N–H and O–H groups in total. The maximum absolute atomic E-state index is 12.4. The molecule has 2 heterocycles. The van der Waals surface area contributed by atoms with Gasteiger partial charge in [0, 0.05) is 13.1 Å². The highest BCUT2D eigenvalue weighted by atomic mass is 16.2. The van der Waals surface area contributed by atoms with E-state index in [1.54, 1.807) is 0 Å². The lowest BCUT2D eigenvalue weighted by atomic mass is 9.99. The SMILES string of the molecule is CC1CCNC1C(=O)N(C)C1CCN(C)CC1. The van der Waals surface area contributed by atoms with Crippen LogP contribution in [0.4, 0.5) is 0 Å². The maximum Gasteiger partial charge on any atom is 0.239 e. The fourth-order valence-corrected chi connectivity index (χ4v) is 2.95. The van der Waals surface area contributed by atoms with E-state index in [1.807, 2.05) is 11.9 Å². The second-order valence-corrected chi connectivity index (χ2v) is 5.68. The van der Waals surface area contributed by atoms with Gasteiger partial charge in [-0.2, -0.15) is 0 Å². The summed E-state index contributed by atoms with van der Waals surface area (Å²) in [5, 5.41) is 3.33. The lowest BCUT2D eigenvalue weighted by Crippen LogP contribution is -2.51. The molecule has 2 atom stereocenters. The maximum atomic E-state index is 12.4. The Labute approximate surface area is 104 Å². The number of nitrogens with zero attached hydrogens (tertiary/aromatic N) is 2. The van der Waals surface area contributed by atoms with E-state index in [4.69, 9.17) is 0 Å². The summed E-state index contributed by atoms with van der Waals surface area (Å²) >= 11 is 0. The molecule has 0 aromatic carbocycles. The van der Waals surface area contributed by atoms with E-state index >= 15 is 0 Å².